The van der Waals surface area contributed by atoms with Gasteiger partial charge >= 0.3 is 0 Å². The normalized spacial score (nSPS) is 22.0. The van der Waals surface area contributed by atoms with Gasteiger partial charge < -0.3 is 4.74 Å². The Kier molecular flexibility index (Phi) is 3.02. The fraction of sp³-hybridized carbons (Fsp3) is 0.105. The molecule has 21 heavy (non-hydrogen) atoms. The molecule has 2 nitrogen and oxygen atoms in total. The van der Waals surface area contributed by atoms with Crippen LogP contribution in [0.3, 0.4) is 0 Å². The highest BCUT2D eigenvalue weighted by Gasteiger charge is 2.22. The summed E-state index contributed by atoms with van der Waals surface area (Å²) >= 11 is 0. The first kappa shape index (κ1) is 12.3. The Bertz CT molecular complexity index is 769. The van der Waals surface area contributed by atoms with Crippen LogP contribution in [0.25, 0.3) is 17.7 Å². The van der Waals surface area contributed by atoms with Crippen molar-refractivity contribution in [3.63, 3.8) is 0 Å². The van der Waals surface area contributed by atoms with Gasteiger partial charge in [0.05, 0.1) is 18.9 Å². The first-order valence-electron chi connectivity index (χ1n) is 7.12. The molecule has 0 saturated carbocycles. The standard InChI is InChI=1S/C19H15NO/c1-2-5-14(6-3-1)11-16-12-21-13-18(16)17-9-8-15-7-4-10-20-19(15)17/h1-11H,12-13H2/b16-11+,18-17+. The predicted octanol–water partition coefficient (Wildman–Crippen LogP) is 3.98. The number of allylic oxidation sites excluding steroid dienone is 2. The van der Waals surface area contributed by atoms with Crippen LogP contribution in [0.5, 0.6) is 0 Å². The van der Waals surface area contributed by atoms with E-state index in [2.05, 4.69) is 53.5 Å². The minimum Gasteiger partial charge on any atom is -0.372 e. The smallest absolute Gasteiger partial charge is 0.0778 e. The van der Waals surface area contributed by atoms with Gasteiger partial charge in [0.2, 0.25) is 0 Å². The van der Waals surface area contributed by atoms with Crippen LogP contribution in [0.2, 0.25) is 0 Å². The molecule has 4 rings (SSSR count). The topological polar surface area (TPSA) is 22.1 Å². The third-order valence-electron chi connectivity index (χ3n) is 3.88. The van der Waals surface area contributed by atoms with Crippen LogP contribution in [0.1, 0.15) is 16.8 Å². The third-order valence-corrected chi connectivity index (χ3v) is 3.88. The summed E-state index contributed by atoms with van der Waals surface area (Å²) in [7, 11) is 0. The lowest BCUT2D eigenvalue weighted by atomic mass is 9.99. The third kappa shape index (κ3) is 2.24. The van der Waals surface area contributed by atoms with Gasteiger partial charge in [0.25, 0.3) is 0 Å². The van der Waals surface area contributed by atoms with Gasteiger partial charge in [-0.25, -0.2) is 0 Å². The van der Waals surface area contributed by atoms with E-state index in [0.29, 0.717) is 13.2 Å². The molecule has 0 spiro atoms. The fourth-order valence-electron chi connectivity index (χ4n) is 2.85. The van der Waals surface area contributed by atoms with Crippen LogP contribution >= 0.6 is 0 Å². The highest BCUT2D eigenvalue weighted by Crippen LogP contribution is 2.35. The van der Waals surface area contributed by atoms with Crippen LogP contribution in [0.4, 0.5) is 0 Å². The summed E-state index contributed by atoms with van der Waals surface area (Å²) in [5.41, 5.74) is 7.17. The number of aromatic nitrogens is 1. The molecule has 0 unspecified atom stereocenters. The van der Waals surface area contributed by atoms with E-state index in [-0.39, 0.29) is 0 Å². The second-order valence-corrected chi connectivity index (χ2v) is 5.24. The molecule has 1 aliphatic carbocycles. The van der Waals surface area contributed by atoms with Gasteiger partial charge in [0.1, 0.15) is 0 Å². The van der Waals surface area contributed by atoms with E-state index in [0.717, 1.165) is 5.69 Å². The van der Waals surface area contributed by atoms with Crippen molar-refractivity contribution in [3.05, 3.63) is 82.7 Å². The van der Waals surface area contributed by atoms with E-state index in [1.807, 2.05) is 18.3 Å². The SMILES string of the molecule is C1=Cc2cccnc2/C1=C1\COC\C1=C/c1ccccc1. The maximum Gasteiger partial charge on any atom is 0.0778 e. The van der Waals surface area contributed by atoms with Crippen molar-refractivity contribution >= 4 is 17.7 Å². The lowest BCUT2D eigenvalue weighted by Gasteiger charge is -2.05. The van der Waals surface area contributed by atoms with Gasteiger partial charge in [-0.1, -0.05) is 48.6 Å². The van der Waals surface area contributed by atoms with Crippen molar-refractivity contribution in [3.8, 4) is 0 Å². The van der Waals surface area contributed by atoms with E-state index in [1.165, 1.54) is 27.8 Å². The number of hydrogen-bond acceptors (Lipinski definition) is 2. The summed E-state index contributed by atoms with van der Waals surface area (Å²) in [5.74, 6) is 0. The van der Waals surface area contributed by atoms with Gasteiger partial charge in [0.15, 0.2) is 0 Å². The Balaban J connectivity index is 1.80. The average molecular weight is 273 g/mol. The number of rotatable bonds is 1. The van der Waals surface area contributed by atoms with Crippen molar-refractivity contribution in [2.24, 2.45) is 0 Å². The number of fused-ring (bicyclic) bond motifs is 1. The second-order valence-electron chi connectivity index (χ2n) is 5.24. The lowest BCUT2D eigenvalue weighted by Crippen LogP contribution is -1.94. The molecule has 0 bridgehead atoms. The molecular weight excluding hydrogens is 258 g/mol. The molecule has 102 valence electrons. The van der Waals surface area contributed by atoms with E-state index in [4.69, 9.17) is 4.74 Å². The molecule has 0 amide bonds. The first-order valence-corrected chi connectivity index (χ1v) is 7.12. The van der Waals surface area contributed by atoms with Gasteiger partial charge in [-0.05, 0) is 28.9 Å². The zero-order valence-electron chi connectivity index (χ0n) is 11.6. The van der Waals surface area contributed by atoms with Crippen LogP contribution in [0.15, 0.2) is 65.9 Å². The Labute approximate surface area is 124 Å². The molecule has 2 heteroatoms. The Hall–Kier alpha value is -2.45. The summed E-state index contributed by atoms with van der Waals surface area (Å²) in [4.78, 5) is 4.52. The average Bonchev–Trinajstić information content (AvgIpc) is 3.14. The summed E-state index contributed by atoms with van der Waals surface area (Å²) < 4.78 is 5.68. The van der Waals surface area contributed by atoms with Crippen LogP contribution in [0, 0.1) is 0 Å². The first-order chi connectivity index (χ1) is 10.4. The van der Waals surface area contributed by atoms with Gasteiger partial charge in [-0.3, -0.25) is 4.98 Å². The molecule has 2 heterocycles. The largest absolute Gasteiger partial charge is 0.372 e. The maximum atomic E-state index is 5.68. The lowest BCUT2D eigenvalue weighted by molar-refractivity contribution is 0.215. The zero-order chi connectivity index (χ0) is 14.1. The number of pyridine rings is 1. The minimum atomic E-state index is 0.661. The van der Waals surface area contributed by atoms with E-state index in [1.54, 1.807) is 0 Å². The van der Waals surface area contributed by atoms with E-state index < -0.39 is 0 Å². The minimum absolute atomic E-state index is 0.661. The maximum absolute atomic E-state index is 5.68. The van der Waals surface area contributed by atoms with Crippen molar-refractivity contribution < 1.29 is 4.74 Å². The molecule has 0 atom stereocenters. The molecule has 0 N–H and O–H groups in total. The second kappa shape index (κ2) is 5.15. The molecule has 2 aromatic rings. The zero-order valence-corrected chi connectivity index (χ0v) is 11.6. The van der Waals surface area contributed by atoms with Gasteiger partial charge in [-0.15, -0.1) is 0 Å². The Morgan fingerprint density at radius 3 is 2.76 bits per heavy atom. The van der Waals surface area contributed by atoms with Crippen molar-refractivity contribution in [2.75, 3.05) is 13.2 Å². The van der Waals surface area contributed by atoms with Gasteiger partial charge in [0, 0.05) is 17.3 Å². The predicted molar refractivity (Wildman–Crippen MR) is 85.4 cm³/mol. The van der Waals surface area contributed by atoms with Crippen molar-refractivity contribution in [1.82, 2.24) is 4.98 Å². The Morgan fingerprint density at radius 1 is 0.952 bits per heavy atom. The molecule has 1 fully saturated rings. The molecule has 1 aromatic heterocycles. The monoisotopic (exact) mass is 273 g/mol. The number of benzene rings is 1. The fourth-order valence-corrected chi connectivity index (χ4v) is 2.85. The quantitative estimate of drug-likeness (QED) is 0.784. The number of hydrogen-bond donors (Lipinski definition) is 0. The molecule has 1 aliphatic heterocycles. The molecular formula is C19H15NO. The highest BCUT2D eigenvalue weighted by molar-refractivity contribution is 5.92. The summed E-state index contributed by atoms with van der Waals surface area (Å²) in [5, 5.41) is 0. The van der Waals surface area contributed by atoms with Crippen molar-refractivity contribution in [2.45, 2.75) is 0 Å². The van der Waals surface area contributed by atoms with Gasteiger partial charge in [-0.2, -0.15) is 0 Å². The number of nitrogens with zero attached hydrogens (tertiary/aromatic N) is 1. The number of ether oxygens (including phenoxy) is 1. The molecule has 1 aromatic carbocycles. The van der Waals surface area contributed by atoms with Crippen molar-refractivity contribution in [1.29, 1.82) is 0 Å². The molecule has 0 radical (unpaired) electrons. The Morgan fingerprint density at radius 2 is 1.86 bits per heavy atom. The summed E-state index contributed by atoms with van der Waals surface area (Å²) in [6, 6.07) is 14.5. The summed E-state index contributed by atoms with van der Waals surface area (Å²) in [6.45, 7) is 1.33. The van der Waals surface area contributed by atoms with Crippen LogP contribution in [-0.4, -0.2) is 18.2 Å². The van der Waals surface area contributed by atoms with E-state index in [9.17, 15) is 0 Å². The van der Waals surface area contributed by atoms with Crippen LogP contribution in [-0.2, 0) is 4.74 Å². The molecule has 2 aliphatic rings. The highest BCUT2D eigenvalue weighted by atomic mass is 16.5. The molecule has 1 saturated heterocycles. The van der Waals surface area contributed by atoms with Crippen LogP contribution < -0.4 is 0 Å². The van der Waals surface area contributed by atoms with E-state index >= 15 is 0 Å². The summed E-state index contributed by atoms with van der Waals surface area (Å²) in [6.07, 6.45) is 8.34.